The average molecular weight is 387 g/mol. The Bertz CT molecular complexity index is 797. The van der Waals surface area contributed by atoms with E-state index in [1.807, 2.05) is 40.7 Å². The maximum absolute atomic E-state index is 12.7. The van der Waals surface area contributed by atoms with Gasteiger partial charge in [0.05, 0.1) is 16.8 Å². The fourth-order valence-corrected chi connectivity index (χ4v) is 3.63. The molecule has 1 saturated heterocycles. The summed E-state index contributed by atoms with van der Waals surface area (Å²) < 4.78 is 12.1. The van der Waals surface area contributed by atoms with Crippen LogP contribution in [0.3, 0.4) is 0 Å². The zero-order valence-corrected chi connectivity index (χ0v) is 17.6. The third kappa shape index (κ3) is 3.70. The summed E-state index contributed by atoms with van der Waals surface area (Å²) in [5.74, 6) is -1.04. The van der Waals surface area contributed by atoms with Gasteiger partial charge in [-0.15, -0.1) is 0 Å². The van der Waals surface area contributed by atoms with Gasteiger partial charge in [0.25, 0.3) is 0 Å². The van der Waals surface area contributed by atoms with Crippen LogP contribution >= 0.6 is 0 Å². The van der Waals surface area contributed by atoms with Crippen LogP contribution in [-0.4, -0.2) is 35.3 Å². The summed E-state index contributed by atoms with van der Waals surface area (Å²) in [5, 5.41) is 12.6. The van der Waals surface area contributed by atoms with Crippen LogP contribution in [0.25, 0.3) is 0 Å². The Balaban J connectivity index is 1.87. The Kier molecular flexibility index (Phi) is 5.13. The Morgan fingerprint density at radius 1 is 1.14 bits per heavy atom. The molecule has 152 valence electrons. The highest BCUT2D eigenvalue weighted by atomic mass is 16.7. The SMILES string of the molecule is CCC1(C(=O)Nc2cc(CB3OC(C)(C)C(C)(C)O3)cc(C(=O)O)c2C)CC1. The van der Waals surface area contributed by atoms with E-state index in [0.717, 1.165) is 24.8 Å². The molecule has 1 amide bonds. The van der Waals surface area contributed by atoms with Crippen LogP contribution in [0.15, 0.2) is 12.1 Å². The standard InChI is InChI=1S/C21H30BNO5/c1-7-21(8-9-21)18(26)23-16-11-14(10-15(13(16)2)17(24)25)12-22-27-19(3,4)20(5,6)28-22/h10-11H,7-9,12H2,1-6H3,(H,23,26)(H,24,25). The predicted molar refractivity (Wildman–Crippen MR) is 109 cm³/mol. The predicted octanol–water partition coefficient (Wildman–Crippen LogP) is 4.00. The summed E-state index contributed by atoms with van der Waals surface area (Å²) >= 11 is 0. The number of hydrogen-bond donors (Lipinski definition) is 2. The van der Waals surface area contributed by atoms with Gasteiger partial charge in [0.1, 0.15) is 0 Å². The maximum atomic E-state index is 12.7. The van der Waals surface area contributed by atoms with E-state index in [1.165, 1.54) is 0 Å². The van der Waals surface area contributed by atoms with Crippen LogP contribution in [0, 0.1) is 12.3 Å². The minimum atomic E-state index is -1.01. The van der Waals surface area contributed by atoms with E-state index in [2.05, 4.69) is 5.32 Å². The van der Waals surface area contributed by atoms with Gasteiger partial charge in [0.15, 0.2) is 0 Å². The van der Waals surface area contributed by atoms with Crippen LogP contribution in [0.1, 0.15) is 75.4 Å². The molecule has 28 heavy (non-hydrogen) atoms. The summed E-state index contributed by atoms with van der Waals surface area (Å²) in [5.41, 5.74) is 0.867. The van der Waals surface area contributed by atoms with Crippen LogP contribution in [0.2, 0.25) is 0 Å². The summed E-state index contributed by atoms with van der Waals surface area (Å²) in [6.45, 7) is 11.7. The lowest BCUT2D eigenvalue weighted by Crippen LogP contribution is -2.41. The zero-order valence-electron chi connectivity index (χ0n) is 17.6. The van der Waals surface area contributed by atoms with E-state index in [4.69, 9.17) is 9.31 Å². The van der Waals surface area contributed by atoms with E-state index < -0.39 is 24.3 Å². The Morgan fingerprint density at radius 3 is 2.18 bits per heavy atom. The minimum absolute atomic E-state index is 0.0257. The Labute approximate surface area is 167 Å². The number of carbonyl (C=O) groups excluding carboxylic acids is 1. The van der Waals surface area contributed by atoms with Gasteiger partial charge in [0, 0.05) is 17.4 Å². The molecule has 0 aromatic heterocycles. The molecule has 2 N–H and O–H groups in total. The number of carbonyl (C=O) groups is 2. The van der Waals surface area contributed by atoms with Crippen molar-refractivity contribution < 1.29 is 24.0 Å². The van der Waals surface area contributed by atoms with Crippen molar-refractivity contribution in [1.82, 2.24) is 0 Å². The largest absolute Gasteiger partial charge is 0.478 e. The van der Waals surface area contributed by atoms with Crippen molar-refractivity contribution in [2.24, 2.45) is 5.41 Å². The van der Waals surface area contributed by atoms with Crippen LogP contribution in [-0.2, 0) is 20.4 Å². The van der Waals surface area contributed by atoms with E-state index in [-0.39, 0.29) is 16.9 Å². The van der Waals surface area contributed by atoms with Gasteiger partial charge in [-0.25, -0.2) is 4.79 Å². The van der Waals surface area contributed by atoms with Crippen molar-refractivity contribution in [3.05, 3.63) is 28.8 Å². The number of carboxylic acids is 1. The molecular formula is C21H30BNO5. The number of carboxylic acid groups (broad SMARTS) is 1. The van der Waals surface area contributed by atoms with Crippen LogP contribution in [0.5, 0.6) is 0 Å². The van der Waals surface area contributed by atoms with E-state index in [0.29, 0.717) is 17.6 Å². The molecule has 2 aliphatic rings. The molecule has 0 bridgehead atoms. The second-order valence-electron chi connectivity index (χ2n) is 9.10. The topological polar surface area (TPSA) is 84.9 Å². The molecule has 0 unspecified atom stereocenters. The molecule has 1 saturated carbocycles. The number of amides is 1. The number of benzene rings is 1. The van der Waals surface area contributed by atoms with Crippen molar-refractivity contribution in [2.45, 2.75) is 78.3 Å². The number of aromatic carboxylic acids is 1. The van der Waals surface area contributed by atoms with E-state index in [1.54, 1.807) is 13.0 Å². The molecule has 0 spiro atoms. The normalized spacial score (nSPS) is 21.4. The minimum Gasteiger partial charge on any atom is -0.478 e. The monoisotopic (exact) mass is 387 g/mol. The first kappa shape index (κ1) is 20.9. The molecule has 7 heteroatoms. The third-order valence-corrected chi connectivity index (χ3v) is 6.66. The summed E-state index contributed by atoms with van der Waals surface area (Å²) in [4.78, 5) is 24.4. The van der Waals surface area contributed by atoms with Gasteiger partial charge >= 0.3 is 13.1 Å². The highest BCUT2D eigenvalue weighted by Gasteiger charge is 2.51. The molecule has 2 fully saturated rings. The molecule has 1 heterocycles. The van der Waals surface area contributed by atoms with Crippen molar-refractivity contribution in [2.75, 3.05) is 5.32 Å². The lowest BCUT2D eigenvalue weighted by atomic mass is 9.79. The number of nitrogens with one attached hydrogen (secondary N) is 1. The average Bonchev–Trinajstić information content (AvgIpc) is 3.33. The molecule has 1 aliphatic heterocycles. The lowest BCUT2D eigenvalue weighted by molar-refractivity contribution is -0.121. The molecule has 1 aromatic carbocycles. The van der Waals surface area contributed by atoms with E-state index in [9.17, 15) is 14.7 Å². The fourth-order valence-electron chi connectivity index (χ4n) is 3.63. The first-order chi connectivity index (χ1) is 12.9. The number of anilines is 1. The van der Waals surface area contributed by atoms with Crippen LogP contribution in [0.4, 0.5) is 5.69 Å². The van der Waals surface area contributed by atoms with Gasteiger partial charge in [0.2, 0.25) is 5.91 Å². The van der Waals surface area contributed by atoms with Gasteiger partial charge in [-0.2, -0.15) is 0 Å². The Morgan fingerprint density at radius 2 is 1.71 bits per heavy atom. The molecule has 0 radical (unpaired) electrons. The first-order valence-electron chi connectivity index (χ1n) is 9.95. The first-order valence-corrected chi connectivity index (χ1v) is 9.95. The van der Waals surface area contributed by atoms with Crippen LogP contribution < -0.4 is 5.32 Å². The van der Waals surface area contributed by atoms with Gasteiger partial charge in [-0.1, -0.05) is 6.92 Å². The van der Waals surface area contributed by atoms with Crippen molar-refractivity contribution >= 4 is 24.7 Å². The molecular weight excluding hydrogens is 357 g/mol. The zero-order chi connectivity index (χ0) is 20.9. The fraction of sp³-hybridized carbons (Fsp3) is 0.619. The highest BCUT2D eigenvalue weighted by molar-refractivity contribution is 6.45. The molecule has 6 nitrogen and oxygen atoms in total. The van der Waals surface area contributed by atoms with Crippen molar-refractivity contribution in [3.8, 4) is 0 Å². The quantitative estimate of drug-likeness (QED) is 0.721. The molecule has 1 aliphatic carbocycles. The summed E-state index contributed by atoms with van der Waals surface area (Å²) in [6.07, 6.45) is 2.97. The van der Waals surface area contributed by atoms with Gasteiger partial charge in [-0.3, -0.25) is 4.79 Å². The highest BCUT2D eigenvalue weighted by Crippen LogP contribution is 2.49. The summed E-state index contributed by atoms with van der Waals surface area (Å²) in [7, 11) is -0.469. The third-order valence-electron chi connectivity index (χ3n) is 6.66. The summed E-state index contributed by atoms with van der Waals surface area (Å²) in [6, 6.07) is 3.49. The van der Waals surface area contributed by atoms with Gasteiger partial charge in [-0.05, 0) is 77.1 Å². The van der Waals surface area contributed by atoms with Crippen molar-refractivity contribution in [1.29, 1.82) is 0 Å². The second-order valence-corrected chi connectivity index (χ2v) is 9.10. The smallest absolute Gasteiger partial charge is 0.462 e. The van der Waals surface area contributed by atoms with E-state index >= 15 is 0 Å². The second kappa shape index (κ2) is 6.88. The maximum Gasteiger partial charge on any atom is 0.462 e. The molecule has 0 atom stereocenters. The number of rotatable bonds is 6. The molecule has 3 rings (SSSR count). The lowest BCUT2D eigenvalue weighted by Gasteiger charge is -2.32. The molecule has 1 aromatic rings. The number of hydrogen-bond acceptors (Lipinski definition) is 4. The Hall–Kier alpha value is -1.86. The van der Waals surface area contributed by atoms with Gasteiger partial charge < -0.3 is 19.7 Å². The van der Waals surface area contributed by atoms with Crippen molar-refractivity contribution in [3.63, 3.8) is 0 Å².